The van der Waals surface area contributed by atoms with Crippen LogP contribution in [0, 0.1) is 17.1 Å². The number of hydrogen-bond donors (Lipinski definition) is 2. The second-order valence-corrected chi connectivity index (χ2v) is 11.8. The fourth-order valence-corrected chi connectivity index (χ4v) is 5.44. The lowest BCUT2D eigenvalue weighted by Gasteiger charge is -2.39. The minimum absolute atomic E-state index is 0.0209. The minimum atomic E-state index is -3.04. The Morgan fingerprint density at radius 3 is 2.51 bits per heavy atom. The van der Waals surface area contributed by atoms with Crippen molar-refractivity contribution in [1.29, 1.82) is 5.26 Å². The number of ether oxygens (including phenoxy) is 1. The molecule has 1 aliphatic heterocycles. The van der Waals surface area contributed by atoms with E-state index in [1.165, 1.54) is 18.2 Å². The van der Waals surface area contributed by atoms with E-state index < -0.39 is 42.2 Å². The van der Waals surface area contributed by atoms with Gasteiger partial charge in [-0.15, -0.1) is 0 Å². The average molecular weight is 621 g/mol. The molecule has 3 aliphatic rings. The zero-order valence-corrected chi connectivity index (χ0v) is 24.5. The zero-order valence-electron chi connectivity index (χ0n) is 24.5. The molecule has 6 rings (SSSR count). The van der Waals surface area contributed by atoms with Crippen LogP contribution in [0.5, 0.6) is 0 Å². The van der Waals surface area contributed by atoms with Gasteiger partial charge < -0.3 is 24.8 Å². The highest BCUT2D eigenvalue weighted by molar-refractivity contribution is 6.05. The van der Waals surface area contributed by atoms with E-state index in [4.69, 9.17) is 4.74 Å². The molecule has 0 bridgehead atoms. The van der Waals surface area contributed by atoms with Crippen LogP contribution < -0.4 is 16.2 Å². The van der Waals surface area contributed by atoms with Gasteiger partial charge in [0.15, 0.2) is 0 Å². The third-order valence-electron chi connectivity index (χ3n) is 8.05. The highest BCUT2D eigenvalue weighted by atomic mass is 19.3. The van der Waals surface area contributed by atoms with Crippen LogP contribution in [0.3, 0.4) is 0 Å². The number of likely N-dealkylation sites (tertiary alicyclic amines) is 1. The summed E-state index contributed by atoms with van der Waals surface area (Å²) in [4.78, 5) is 45.6. The topological polar surface area (TPSA) is 129 Å². The van der Waals surface area contributed by atoms with Gasteiger partial charge in [0.1, 0.15) is 17.2 Å². The number of carbonyl (C=O) groups is 2. The highest BCUT2D eigenvalue weighted by Crippen LogP contribution is 2.42. The SMILES string of the molecule is COCCNCc1cc(C(=O)Nc2cc(-c3c(F)cc(C#N)cc3C(=O)N3CC(F)(F)C3)cc(C3CC3)n2)c(=O)n(C2CC2)c1. The van der Waals surface area contributed by atoms with Gasteiger partial charge in [0.25, 0.3) is 23.3 Å². The second-order valence-electron chi connectivity index (χ2n) is 11.8. The molecule has 1 saturated heterocycles. The molecular weight excluding hydrogens is 589 g/mol. The summed E-state index contributed by atoms with van der Waals surface area (Å²) in [7, 11) is 1.59. The van der Waals surface area contributed by atoms with Crippen molar-refractivity contribution in [3.8, 4) is 17.2 Å². The summed E-state index contributed by atoms with van der Waals surface area (Å²) in [5, 5.41) is 15.3. The number of nitrogens with zero attached hydrogens (tertiary/aromatic N) is 4. The number of halogens is 3. The lowest BCUT2D eigenvalue weighted by atomic mass is 9.94. The summed E-state index contributed by atoms with van der Waals surface area (Å²) >= 11 is 0. The molecule has 0 radical (unpaired) electrons. The molecule has 0 spiro atoms. The molecule has 2 amide bonds. The Balaban J connectivity index is 1.36. The van der Waals surface area contributed by atoms with Crippen LogP contribution in [0.1, 0.15) is 75.2 Å². The van der Waals surface area contributed by atoms with Crippen LogP contribution >= 0.6 is 0 Å². The van der Waals surface area contributed by atoms with Crippen LogP contribution in [-0.2, 0) is 11.3 Å². The largest absolute Gasteiger partial charge is 0.383 e. The van der Waals surface area contributed by atoms with Crippen LogP contribution in [-0.4, -0.2) is 65.5 Å². The van der Waals surface area contributed by atoms with Crippen molar-refractivity contribution >= 4 is 17.6 Å². The van der Waals surface area contributed by atoms with Gasteiger partial charge in [0.2, 0.25) is 0 Å². The van der Waals surface area contributed by atoms with Gasteiger partial charge in [-0.1, -0.05) is 0 Å². The van der Waals surface area contributed by atoms with E-state index in [2.05, 4.69) is 15.6 Å². The lowest BCUT2D eigenvalue weighted by Crippen LogP contribution is -2.58. The first kappa shape index (κ1) is 30.5. The molecule has 0 atom stereocenters. The number of hydrogen-bond acceptors (Lipinski definition) is 7. The normalized spacial score (nSPS) is 17.0. The van der Waals surface area contributed by atoms with Crippen molar-refractivity contribution < 1.29 is 27.5 Å². The van der Waals surface area contributed by atoms with E-state index in [-0.39, 0.29) is 45.6 Å². The Labute approximate surface area is 256 Å². The molecule has 13 heteroatoms. The van der Waals surface area contributed by atoms with E-state index in [0.29, 0.717) is 25.4 Å². The summed E-state index contributed by atoms with van der Waals surface area (Å²) < 4.78 is 49.4. The lowest BCUT2D eigenvalue weighted by molar-refractivity contribution is -0.113. The monoisotopic (exact) mass is 620 g/mol. The molecule has 234 valence electrons. The maximum atomic E-state index is 15.6. The minimum Gasteiger partial charge on any atom is -0.383 e. The van der Waals surface area contributed by atoms with Gasteiger partial charge in [-0.3, -0.25) is 14.4 Å². The number of anilines is 1. The average Bonchev–Trinajstić information content (AvgIpc) is 3.91. The maximum absolute atomic E-state index is 15.6. The Morgan fingerprint density at radius 2 is 1.87 bits per heavy atom. The summed E-state index contributed by atoms with van der Waals surface area (Å²) in [5.74, 6) is -5.38. The van der Waals surface area contributed by atoms with E-state index >= 15 is 4.39 Å². The molecular formula is C32H31F3N6O4. The molecule has 3 aromatic rings. The third kappa shape index (κ3) is 6.62. The van der Waals surface area contributed by atoms with Crippen molar-refractivity contribution in [3.63, 3.8) is 0 Å². The molecule has 2 N–H and O–H groups in total. The summed E-state index contributed by atoms with van der Waals surface area (Å²) in [6.07, 6.45) is 5.06. The first-order valence-corrected chi connectivity index (χ1v) is 14.8. The number of benzene rings is 1. The number of aromatic nitrogens is 2. The molecule has 3 fully saturated rings. The van der Waals surface area contributed by atoms with E-state index in [1.54, 1.807) is 30.0 Å². The van der Waals surface area contributed by atoms with E-state index in [0.717, 1.165) is 42.2 Å². The van der Waals surface area contributed by atoms with Crippen LogP contribution in [0.25, 0.3) is 11.1 Å². The highest BCUT2D eigenvalue weighted by Gasteiger charge is 2.47. The smallest absolute Gasteiger partial charge is 0.282 e. The molecule has 45 heavy (non-hydrogen) atoms. The van der Waals surface area contributed by atoms with Crippen LogP contribution in [0.4, 0.5) is 19.0 Å². The first-order chi connectivity index (χ1) is 21.6. The fourth-order valence-electron chi connectivity index (χ4n) is 5.44. The Morgan fingerprint density at radius 1 is 1.11 bits per heavy atom. The van der Waals surface area contributed by atoms with Crippen LogP contribution in [0.2, 0.25) is 0 Å². The number of methoxy groups -OCH3 is 1. The van der Waals surface area contributed by atoms with Gasteiger partial charge >= 0.3 is 0 Å². The third-order valence-corrected chi connectivity index (χ3v) is 8.05. The van der Waals surface area contributed by atoms with Gasteiger partial charge in [-0.25, -0.2) is 18.2 Å². The van der Waals surface area contributed by atoms with Crippen molar-refractivity contribution in [1.82, 2.24) is 19.8 Å². The van der Waals surface area contributed by atoms with Crippen LogP contribution in [0.15, 0.2) is 41.3 Å². The van der Waals surface area contributed by atoms with Crippen molar-refractivity contribution in [2.45, 2.75) is 50.1 Å². The number of pyridine rings is 2. The summed E-state index contributed by atoms with van der Waals surface area (Å²) in [5.41, 5.74) is 0.391. The number of nitriles is 1. The molecule has 0 unspecified atom stereocenters. The maximum Gasteiger partial charge on any atom is 0.282 e. The van der Waals surface area contributed by atoms with Crippen molar-refractivity contribution in [3.05, 3.63) is 80.6 Å². The van der Waals surface area contributed by atoms with Gasteiger partial charge in [0.05, 0.1) is 36.9 Å². The van der Waals surface area contributed by atoms with Crippen molar-refractivity contribution in [2.24, 2.45) is 0 Å². The van der Waals surface area contributed by atoms with Gasteiger partial charge in [-0.05, 0) is 67.1 Å². The van der Waals surface area contributed by atoms with Gasteiger partial charge in [0, 0.05) is 49.6 Å². The number of rotatable bonds is 11. The molecule has 2 aliphatic carbocycles. The van der Waals surface area contributed by atoms with Crippen molar-refractivity contribution in [2.75, 3.05) is 38.7 Å². The quantitative estimate of drug-likeness (QED) is 0.307. The summed E-state index contributed by atoms with van der Waals surface area (Å²) in [6.45, 7) is -0.133. The predicted molar refractivity (Wildman–Crippen MR) is 158 cm³/mol. The standard InChI is InChI=1S/C32H31F3N6O4/c1-45-7-6-37-14-19-9-24(31(44)41(15-19)22-4-5-22)29(42)39-27-12-21(11-26(38-27)20-2-3-20)28-23(8-18(13-36)10-25(28)33)30(43)40-16-32(34,35)17-40/h8-12,15,20,22,37H,2-7,14,16-17H2,1H3,(H,38,39,42). The van der Waals surface area contributed by atoms with E-state index in [1.807, 2.05) is 0 Å². The van der Waals surface area contributed by atoms with Gasteiger partial charge in [-0.2, -0.15) is 5.26 Å². The summed E-state index contributed by atoms with van der Waals surface area (Å²) in [6, 6.07) is 8.49. The fraction of sp³-hybridized carbons (Fsp3) is 0.406. The number of nitrogens with one attached hydrogen (secondary N) is 2. The first-order valence-electron chi connectivity index (χ1n) is 14.8. The predicted octanol–water partition coefficient (Wildman–Crippen LogP) is 4.21. The number of amides is 2. The Hall–Kier alpha value is -4.54. The number of carbonyl (C=O) groups excluding carboxylic acids is 2. The van der Waals surface area contributed by atoms with E-state index in [9.17, 15) is 28.4 Å². The number of alkyl halides is 2. The Kier molecular flexibility index (Phi) is 8.20. The Bertz CT molecular complexity index is 1770. The second kappa shape index (κ2) is 12.1. The molecule has 10 nitrogen and oxygen atoms in total. The molecule has 3 heterocycles. The molecule has 2 aromatic heterocycles. The molecule has 1 aromatic carbocycles. The zero-order chi connectivity index (χ0) is 31.9. The molecule has 2 saturated carbocycles.